The number of allylic oxidation sites excluding steroid dienone is 5. The molecule has 7 rings (SSSR count). The molecule has 0 amide bonds. The number of hydrogen-bond acceptors (Lipinski definition) is 8. The van der Waals surface area contributed by atoms with Crippen molar-refractivity contribution in [1.29, 1.82) is 0 Å². The van der Waals surface area contributed by atoms with E-state index in [0.29, 0.717) is 18.4 Å². The van der Waals surface area contributed by atoms with E-state index in [1.807, 2.05) is 54.5 Å². The Kier molecular flexibility index (Phi) is 7.72. The Labute approximate surface area is 276 Å². The van der Waals surface area contributed by atoms with Gasteiger partial charge in [0.2, 0.25) is 0 Å². The minimum absolute atomic E-state index is 0.0497. The van der Waals surface area contributed by atoms with E-state index in [1.54, 1.807) is 6.08 Å². The van der Waals surface area contributed by atoms with Gasteiger partial charge in [-0.2, -0.15) is 0 Å². The molecule has 3 heterocycles. The van der Waals surface area contributed by atoms with Crippen molar-refractivity contribution in [3.8, 4) is 17.2 Å². The van der Waals surface area contributed by atoms with E-state index in [2.05, 4.69) is 6.08 Å². The van der Waals surface area contributed by atoms with Gasteiger partial charge >= 0.3 is 5.97 Å². The SMILES string of the molecule is CC(C)=CCC[C@@]1(C)C[C@@H](O)c2c(O)c3c(c(CC=C(C)C)c2O1)O[C@@]12C(=C[C@@H]4C[C@@H]1C(C)(C)O[C@@]2(C/C=C(\C)C(=O)O)C4=O)C3=O. The van der Waals surface area contributed by atoms with E-state index in [1.165, 1.54) is 18.6 Å². The molecule has 1 saturated heterocycles. The molecule has 4 bridgehead atoms. The Morgan fingerprint density at radius 3 is 2.32 bits per heavy atom. The molecule has 9 heteroatoms. The number of ketones is 2. The number of aliphatic hydroxyl groups is 1. The Bertz CT molecular complexity index is 1720. The normalized spacial score (nSPS) is 32.7. The molecule has 3 aliphatic heterocycles. The van der Waals surface area contributed by atoms with Crippen molar-refractivity contribution in [1.82, 2.24) is 0 Å². The molecule has 47 heavy (non-hydrogen) atoms. The van der Waals surface area contributed by atoms with Crippen LogP contribution in [-0.4, -0.2) is 55.3 Å². The van der Waals surface area contributed by atoms with Crippen LogP contribution >= 0.6 is 0 Å². The highest BCUT2D eigenvalue weighted by atomic mass is 16.6. The zero-order chi connectivity index (χ0) is 34.4. The Morgan fingerprint density at radius 1 is 1.00 bits per heavy atom. The first-order chi connectivity index (χ1) is 21.9. The first-order valence-electron chi connectivity index (χ1n) is 16.5. The number of benzene rings is 1. The number of phenols is 1. The lowest BCUT2D eigenvalue weighted by atomic mass is 9.51. The topological polar surface area (TPSA) is 140 Å². The molecule has 252 valence electrons. The summed E-state index contributed by atoms with van der Waals surface area (Å²) in [5.74, 6) is -2.90. The molecule has 6 aliphatic rings. The predicted molar refractivity (Wildman–Crippen MR) is 175 cm³/mol. The van der Waals surface area contributed by atoms with E-state index in [0.717, 1.165) is 12.0 Å². The number of hydrogen-bond donors (Lipinski definition) is 3. The van der Waals surface area contributed by atoms with Crippen LogP contribution in [0.1, 0.15) is 115 Å². The summed E-state index contributed by atoms with van der Waals surface area (Å²) in [4.78, 5) is 40.9. The van der Waals surface area contributed by atoms with Crippen LogP contribution in [-0.2, 0) is 20.7 Å². The van der Waals surface area contributed by atoms with Crippen molar-refractivity contribution in [2.45, 2.75) is 122 Å². The molecule has 0 radical (unpaired) electrons. The average molecular weight is 647 g/mol. The molecule has 1 saturated carbocycles. The molecule has 1 aromatic carbocycles. The number of aliphatic carboxylic acids is 1. The second-order valence-corrected chi connectivity index (χ2v) is 15.3. The van der Waals surface area contributed by atoms with Crippen molar-refractivity contribution >= 4 is 17.5 Å². The van der Waals surface area contributed by atoms with Crippen LogP contribution < -0.4 is 9.47 Å². The second kappa shape index (κ2) is 10.9. The van der Waals surface area contributed by atoms with Crippen molar-refractivity contribution in [2.24, 2.45) is 11.8 Å². The van der Waals surface area contributed by atoms with E-state index in [9.17, 15) is 29.7 Å². The summed E-state index contributed by atoms with van der Waals surface area (Å²) in [6.45, 7) is 15.1. The largest absolute Gasteiger partial charge is 0.506 e. The lowest BCUT2D eigenvalue weighted by Gasteiger charge is -2.56. The van der Waals surface area contributed by atoms with Crippen molar-refractivity contribution in [3.05, 3.63) is 63.3 Å². The maximum Gasteiger partial charge on any atom is 0.330 e. The summed E-state index contributed by atoms with van der Waals surface area (Å²) in [6, 6.07) is 0. The Hall–Kier alpha value is -3.69. The molecule has 1 spiro atoms. The van der Waals surface area contributed by atoms with Gasteiger partial charge in [0.1, 0.15) is 28.4 Å². The van der Waals surface area contributed by atoms with E-state index in [4.69, 9.17) is 14.2 Å². The third-order valence-electron chi connectivity index (χ3n) is 10.9. The summed E-state index contributed by atoms with van der Waals surface area (Å²) in [5.41, 5.74) is -1.83. The summed E-state index contributed by atoms with van der Waals surface area (Å²) in [6.07, 6.45) is 8.28. The Morgan fingerprint density at radius 2 is 1.68 bits per heavy atom. The fourth-order valence-electron chi connectivity index (χ4n) is 8.64. The van der Waals surface area contributed by atoms with Crippen LogP contribution in [0.2, 0.25) is 0 Å². The quantitative estimate of drug-likeness (QED) is 0.209. The molecule has 0 aromatic heterocycles. The van der Waals surface area contributed by atoms with Crippen LogP contribution in [0.3, 0.4) is 0 Å². The average Bonchev–Trinajstić information content (AvgIpc) is 3.11. The first kappa shape index (κ1) is 33.2. The highest BCUT2D eigenvalue weighted by Crippen LogP contribution is 2.69. The first-order valence-corrected chi connectivity index (χ1v) is 16.5. The van der Waals surface area contributed by atoms with Crippen LogP contribution in [0.25, 0.3) is 0 Å². The third-order valence-corrected chi connectivity index (χ3v) is 10.9. The van der Waals surface area contributed by atoms with Crippen LogP contribution in [0, 0.1) is 11.8 Å². The Balaban J connectivity index is 1.60. The van der Waals surface area contributed by atoms with Gasteiger partial charge in [-0.25, -0.2) is 4.79 Å². The molecular formula is C38H46O9. The van der Waals surface area contributed by atoms with E-state index < -0.39 is 52.1 Å². The van der Waals surface area contributed by atoms with Crippen molar-refractivity contribution in [3.63, 3.8) is 0 Å². The van der Waals surface area contributed by atoms with Gasteiger partial charge in [-0.1, -0.05) is 35.5 Å². The lowest BCUT2D eigenvalue weighted by Crippen LogP contribution is -2.72. The minimum Gasteiger partial charge on any atom is -0.506 e. The fourth-order valence-corrected chi connectivity index (χ4v) is 8.64. The highest BCUT2D eigenvalue weighted by Gasteiger charge is 2.81. The number of carbonyl (C=O) groups is 3. The number of ether oxygens (including phenoxy) is 3. The summed E-state index contributed by atoms with van der Waals surface area (Å²) >= 11 is 0. The third kappa shape index (κ3) is 4.75. The van der Waals surface area contributed by atoms with Gasteiger partial charge in [0.25, 0.3) is 0 Å². The second-order valence-electron chi connectivity index (χ2n) is 15.3. The maximum absolute atomic E-state index is 14.8. The summed E-state index contributed by atoms with van der Waals surface area (Å²) in [7, 11) is 0. The number of rotatable bonds is 8. The minimum atomic E-state index is -1.67. The van der Waals surface area contributed by atoms with Gasteiger partial charge in [-0.3, -0.25) is 9.59 Å². The number of Topliss-reactive ketones (excluding diaryl/α,β-unsaturated/α-hetero) is 2. The van der Waals surface area contributed by atoms with Gasteiger partial charge in [-0.15, -0.1) is 0 Å². The van der Waals surface area contributed by atoms with Gasteiger partial charge in [0.05, 0.1) is 17.3 Å². The molecule has 6 atom stereocenters. The lowest BCUT2D eigenvalue weighted by molar-refractivity contribution is -0.171. The smallest absolute Gasteiger partial charge is 0.330 e. The monoisotopic (exact) mass is 646 g/mol. The van der Waals surface area contributed by atoms with E-state index >= 15 is 0 Å². The molecule has 1 aromatic rings. The van der Waals surface area contributed by atoms with Gasteiger partial charge < -0.3 is 29.5 Å². The number of aromatic hydroxyl groups is 1. The van der Waals surface area contributed by atoms with Gasteiger partial charge in [0, 0.05) is 41.4 Å². The molecule has 3 N–H and O–H groups in total. The number of carbonyl (C=O) groups excluding carboxylic acids is 2. The van der Waals surface area contributed by atoms with Crippen LogP contribution in [0.15, 0.2) is 46.6 Å². The number of carboxylic acids is 1. The van der Waals surface area contributed by atoms with Crippen LogP contribution in [0.5, 0.6) is 17.2 Å². The zero-order valence-electron chi connectivity index (χ0n) is 28.6. The molecule has 3 aliphatic carbocycles. The van der Waals surface area contributed by atoms with Crippen molar-refractivity contribution < 1.29 is 43.9 Å². The summed E-state index contributed by atoms with van der Waals surface area (Å²) < 4.78 is 20.6. The highest BCUT2D eigenvalue weighted by molar-refractivity contribution is 6.18. The number of phenolic OH excluding ortho intramolecular Hbond substituents is 1. The molecule has 9 nitrogen and oxygen atoms in total. The van der Waals surface area contributed by atoms with Gasteiger partial charge in [0.15, 0.2) is 22.8 Å². The van der Waals surface area contributed by atoms with E-state index in [-0.39, 0.29) is 64.6 Å². The maximum atomic E-state index is 14.8. The predicted octanol–water partition coefficient (Wildman–Crippen LogP) is 6.65. The summed E-state index contributed by atoms with van der Waals surface area (Å²) in [5, 5.41) is 33.0. The molecular weight excluding hydrogens is 600 g/mol. The van der Waals surface area contributed by atoms with Gasteiger partial charge in [-0.05, 0) is 81.1 Å². The van der Waals surface area contributed by atoms with Crippen molar-refractivity contribution in [2.75, 3.05) is 0 Å². The fraction of sp³-hybridized carbons (Fsp3) is 0.553. The number of carboxylic acid groups (broad SMARTS) is 1. The number of fused-ring (bicyclic) bond motifs is 2. The molecule has 2 fully saturated rings. The van der Waals surface area contributed by atoms with Crippen LogP contribution in [0.4, 0.5) is 0 Å². The molecule has 0 unspecified atom stereocenters. The zero-order valence-corrected chi connectivity index (χ0v) is 28.6. The number of aliphatic hydroxyl groups excluding tert-OH is 1. The standard InChI is InChI=1S/C38H46O9/c1-19(2)10-9-14-36(8)18-25(39)27-30(41)28-29(40)24-16-22-17-26-35(6,7)47-37(33(22)42,15-13-21(5)34(43)44)38(24,26)46-32(28)23(31(27)45-36)12-11-20(3)4/h10-11,13,16,22,25-26,39,41H,9,12,14-15,17-18H2,1-8H3,(H,43,44)/b21-13+/t22-,25-,26-,36+,37+,38+/m1/s1.